The average molecular weight is 309 g/mol. The van der Waals surface area contributed by atoms with Gasteiger partial charge in [0.2, 0.25) is 0 Å². The number of likely N-dealkylation sites (N-methyl/N-ethyl adjacent to an activating group) is 1. The Morgan fingerprint density at radius 1 is 1.36 bits per heavy atom. The predicted octanol–water partition coefficient (Wildman–Crippen LogP) is 3.26. The molecule has 0 aliphatic rings. The number of carbonyl (C=O) groups excluding carboxylic acids is 1. The van der Waals surface area contributed by atoms with Crippen LogP contribution in [0.15, 0.2) is 10.6 Å². The van der Waals surface area contributed by atoms with E-state index in [9.17, 15) is 4.79 Å². The summed E-state index contributed by atoms with van der Waals surface area (Å²) in [7, 11) is 0. The quantitative estimate of drug-likeness (QED) is 0.760. The van der Waals surface area contributed by atoms with Crippen LogP contribution in [-0.4, -0.2) is 40.6 Å². The summed E-state index contributed by atoms with van der Waals surface area (Å²) in [6.07, 6.45) is 2.86. The maximum Gasteiger partial charge on any atom is 0.273 e. The molecule has 1 rings (SSSR count). The fourth-order valence-electron chi connectivity index (χ4n) is 3.11. The Labute approximate surface area is 134 Å². The Bertz CT molecular complexity index is 468. The molecule has 0 aromatic carbocycles. The summed E-state index contributed by atoms with van der Waals surface area (Å²) in [4.78, 5) is 14.8. The van der Waals surface area contributed by atoms with Crippen LogP contribution in [0, 0.1) is 0 Å². The predicted molar refractivity (Wildman–Crippen MR) is 89.0 cm³/mol. The van der Waals surface area contributed by atoms with Crippen molar-refractivity contribution in [1.29, 1.82) is 0 Å². The third kappa shape index (κ3) is 4.09. The number of carbonyl (C=O) groups is 1. The summed E-state index contributed by atoms with van der Waals surface area (Å²) in [5, 5.41) is 6.96. The van der Waals surface area contributed by atoms with Gasteiger partial charge in [0.1, 0.15) is 5.76 Å². The molecule has 1 N–H and O–H groups in total. The SMILES string of the molecule is CCCC(C)(C(C)NC(=O)c1cc(CC)on1)N(CC)CC. The molecule has 0 bridgehead atoms. The Hall–Kier alpha value is -1.36. The first-order chi connectivity index (χ1) is 10.4. The van der Waals surface area contributed by atoms with Crippen molar-refractivity contribution in [3.05, 3.63) is 17.5 Å². The van der Waals surface area contributed by atoms with E-state index in [4.69, 9.17) is 4.52 Å². The lowest BCUT2D eigenvalue weighted by Gasteiger charge is -2.45. The van der Waals surface area contributed by atoms with E-state index < -0.39 is 0 Å². The van der Waals surface area contributed by atoms with Crippen LogP contribution in [0.25, 0.3) is 0 Å². The van der Waals surface area contributed by atoms with Crippen molar-refractivity contribution in [2.45, 2.75) is 72.4 Å². The largest absolute Gasteiger partial charge is 0.361 e. The number of rotatable bonds is 9. The number of aromatic nitrogens is 1. The average Bonchev–Trinajstić information content (AvgIpc) is 2.97. The van der Waals surface area contributed by atoms with Crippen molar-refractivity contribution < 1.29 is 9.32 Å². The van der Waals surface area contributed by atoms with Crippen molar-refractivity contribution in [2.24, 2.45) is 0 Å². The summed E-state index contributed by atoms with van der Waals surface area (Å²) in [6.45, 7) is 14.7. The molecule has 1 aromatic rings. The van der Waals surface area contributed by atoms with Crippen molar-refractivity contribution in [2.75, 3.05) is 13.1 Å². The summed E-state index contributed by atoms with van der Waals surface area (Å²) < 4.78 is 5.12. The smallest absolute Gasteiger partial charge is 0.273 e. The van der Waals surface area contributed by atoms with Crippen LogP contribution in [0.2, 0.25) is 0 Å². The second-order valence-corrected chi connectivity index (χ2v) is 6.01. The molecule has 126 valence electrons. The van der Waals surface area contributed by atoms with Crippen LogP contribution in [0.3, 0.4) is 0 Å². The van der Waals surface area contributed by atoms with Gasteiger partial charge < -0.3 is 9.84 Å². The molecular formula is C17H31N3O2. The van der Waals surface area contributed by atoms with Crippen LogP contribution in [0.1, 0.15) is 70.6 Å². The Kier molecular flexibility index (Phi) is 7.07. The molecule has 0 saturated carbocycles. The lowest BCUT2D eigenvalue weighted by molar-refractivity contribution is 0.0617. The second-order valence-electron chi connectivity index (χ2n) is 6.01. The molecule has 0 spiro atoms. The zero-order chi connectivity index (χ0) is 16.8. The topological polar surface area (TPSA) is 58.4 Å². The minimum absolute atomic E-state index is 0.0293. The molecule has 1 heterocycles. The van der Waals surface area contributed by atoms with Crippen molar-refractivity contribution in [1.82, 2.24) is 15.4 Å². The van der Waals surface area contributed by atoms with Crippen molar-refractivity contribution in [3.8, 4) is 0 Å². The van der Waals surface area contributed by atoms with E-state index >= 15 is 0 Å². The van der Waals surface area contributed by atoms with Gasteiger partial charge in [-0.3, -0.25) is 9.69 Å². The van der Waals surface area contributed by atoms with E-state index in [2.05, 4.69) is 50.0 Å². The Morgan fingerprint density at radius 3 is 2.45 bits per heavy atom. The third-order valence-corrected chi connectivity index (χ3v) is 4.66. The van der Waals surface area contributed by atoms with Gasteiger partial charge in [-0.05, 0) is 33.4 Å². The van der Waals surface area contributed by atoms with Crippen LogP contribution in [0.4, 0.5) is 0 Å². The maximum atomic E-state index is 12.4. The van der Waals surface area contributed by atoms with Gasteiger partial charge in [-0.2, -0.15) is 0 Å². The highest BCUT2D eigenvalue weighted by Crippen LogP contribution is 2.25. The first-order valence-corrected chi connectivity index (χ1v) is 8.44. The van der Waals surface area contributed by atoms with E-state index in [-0.39, 0.29) is 17.5 Å². The fraction of sp³-hybridized carbons (Fsp3) is 0.765. The standard InChI is InChI=1S/C17H31N3O2/c1-7-11-17(6,20(9-3)10-4)13(5)18-16(21)15-12-14(8-2)22-19-15/h12-13H,7-11H2,1-6H3,(H,18,21). The van der Waals surface area contributed by atoms with Crippen LogP contribution in [0.5, 0.6) is 0 Å². The summed E-state index contributed by atoms with van der Waals surface area (Å²) in [5.74, 6) is 0.573. The van der Waals surface area contributed by atoms with Gasteiger partial charge >= 0.3 is 0 Å². The minimum Gasteiger partial charge on any atom is -0.361 e. The molecule has 0 aliphatic heterocycles. The first-order valence-electron chi connectivity index (χ1n) is 8.44. The summed E-state index contributed by atoms with van der Waals surface area (Å²) in [6, 6.07) is 1.75. The molecular weight excluding hydrogens is 278 g/mol. The van der Waals surface area contributed by atoms with E-state index in [0.717, 1.165) is 38.1 Å². The van der Waals surface area contributed by atoms with Crippen molar-refractivity contribution >= 4 is 5.91 Å². The van der Waals surface area contributed by atoms with E-state index in [0.29, 0.717) is 5.69 Å². The molecule has 0 radical (unpaired) electrons. The van der Waals surface area contributed by atoms with Crippen LogP contribution < -0.4 is 5.32 Å². The van der Waals surface area contributed by atoms with E-state index in [1.54, 1.807) is 6.07 Å². The summed E-state index contributed by atoms with van der Waals surface area (Å²) >= 11 is 0. The molecule has 2 atom stereocenters. The third-order valence-electron chi connectivity index (χ3n) is 4.66. The van der Waals surface area contributed by atoms with E-state index in [1.807, 2.05) is 6.92 Å². The minimum atomic E-state index is -0.162. The maximum absolute atomic E-state index is 12.4. The molecule has 0 fully saturated rings. The molecule has 2 unspecified atom stereocenters. The molecule has 0 saturated heterocycles. The number of nitrogens with zero attached hydrogens (tertiary/aromatic N) is 2. The Balaban J connectivity index is 2.86. The van der Waals surface area contributed by atoms with Gasteiger partial charge in [0.15, 0.2) is 5.69 Å². The van der Waals surface area contributed by atoms with Gasteiger partial charge in [-0.25, -0.2) is 0 Å². The zero-order valence-electron chi connectivity index (χ0n) is 14.9. The lowest BCUT2D eigenvalue weighted by atomic mass is 9.86. The number of aryl methyl sites for hydroxylation is 1. The van der Waals surface area contributed by atoms with Crippen LogP contribution >= 0.6 is 0 Å². The van der Waals surface area contributed by atoms with Gasteiger partial charge in [-0.15, -0.1) is 0 Å². The highest BCUT2D eigenvalue weighted by atomic mass is 16.5. The first kappa shape index (κ1) is 18.7. The second kappa shape index (κ2) is 8.32. The molecule has 22 heavy (non-hydrogen) atoms. The van der Waals surface area contributed by atoms with Gasteiger partial charge in [0, 0.05) is 24.1 Å². The number of hydrogen-bond donors (Lipinski definition) is 1. The highest BCUT2D eigenvalue weighted by Gasteiger charge is 2.36. The fourth-order valence-corrected chi connectivity index (χ4v) is 3.11. The number of hydrogen-bond acceptors (Lipinski definition) is 4. The number of amides is 1. The molecule has 1 aromatic heterocycles. The van der Waals surface area contributed by atoms with Gasteiger partial charge in [-0.1, -0.05) is 39.3 Å². The van der Waals surface area contributed by atoms with Crippen molar-refractivity contribution in [3.63, 3.8) is 0 Å². The van der Waals surface area contributed by atoms with E-state index in [1.165, 1.54) is 0 Å². The normalized spacial score (nSPS) is 15.6. The molecule has 1 amide bonds. The zero-order valence-corrected chi connectivity index (χ0v) is 14.9. The monoisotopic (exact) mass is 309 g/mol. The number of nitrogens with one attached hydrogen (secondary N) is 1. The Morgan fingerprint density at radius 2 is 2.00 bits per heavy atom. The molecule has 0 aliphatic carbocycles. The summed E-state index contributed by atoms with van der Waals surface area (Å²) in [5.41, 5.74) is 0.299. The van der Waals surface area contributed by atoms with Gasteiger partial charge in [0.05, 0.1) is 0 Å². The lowest BCUT2D eigenvalue weighted by Crippen LogP contribution is -2.59. The van der Waals surface area contributed by atoms with Crippen LogP contribution in [-0.2, 0) is 6.42 Å². The highest BCUT2D eigenvalue weighted by molar-refractivity contribution is 5.92. The molecule has 5 heteroatoms. The molecule has 5 nitrogen and oxygen atoms in total. The van der Waals surface area contributed by atoms with Gasteiger partial charge in [0.25, 0.3) is 5.91 Å².